The molecule has 1 fully saturated rings. The summed E-state index contributed by atoms with van der Waals surface area (Å²) in [4.78, 5) is 15.2. The molecule has 100 valence electrons. The maximum Gasteiger partial charge on any atom is 0.351 e. The molecule has 1 aliphatic rings. The van der Waals surface area contributed by atoms with Gasteiger partial charge in [0.2, 0.25) is 0 Å². The molecule has 0 saturated carbocycles. The van der Waals surface area contributed by atoms with E-state index in [9.17, 15) is 15.0 Å². The second-order valence-electron chi connectivity index (χ2n) is 4.50. The second kappa shape index (κ2) is 4.65. The molecular formula is C10H15N3O5. The number of aliphatic hydroxyl groups excluding tert-OH is 2. The molecule has 1 saturated heterocycles. The van der Waals surface area contributed by atoms with Gasteiger partial charge in [0.1, 0.15) is 6.10 Å². The zero-order chi connectivity index (χ0) is 13.3. The summed E-state index contributed by atoms with van der Waals surface area (Å²) in [5.74, 6) is 0.00802. The fraction of sp³-hybridized carbons (Fsp3) is 0.600. The minimum Gasteiger partial charge on any atom is -0.393 e. The standard InChI is InChI=1S/C10H15N3O5/c1-10(5-14)4-6(15)8(18-10)13-3-2-7(12-17)11-9(13)16/h2-3,6,8,14-15,17H,4-5H2,1H3,(H,11,12,16)/t6-,8-,10?/m1/s1. The van der Waals surface area contributed by atoms with Crippen LogP contribution in [-0.2, 0) is 4.74 Å². The average Bonchev–Trinajstić information content (AvgIpc) is 2.65. The van der Waals surface area contributed by atoms with Crippen LogP contribution >= 0.6 is 0 Å². The topological polar surface area (TPSA) is 117 Å². The Morgan fingerprint density at radius 1 is 1.72 bits per heavy atom. The first-order valence-corrected chi connectivity index (χ1v) is 5.45. The van der Waals surface area contributed by atoms with E-state index in [4.69, 9.17) is 9.94 Å². The first kappa shape index (κ1) is 13.0. The summed E-state index contributed by atoms with van der Waals surface area (Å²) in [6.45, 7) is 1.40. The Hall–Kier alpha value is -1.48. The SMILES string of the molecule is CC1(CO)C[C@@H](O)[C@H](n2ccc(NO)nc2=O)O1. The minimum absolute atomic E-state index is 0.00802. The van der Waals surface area contributed by atoms with Gasteiger partial charge >= 0.3 is 5.69 Å². The van der Waals surface area contributed by atoms with E-state index in [1.54, 1.807) is 12.4 Å². The van der Waals surface area contributed by atoms with Gasteiger partial charge in [0.05, 0.1) is 12.2 Å². The van der Waals surface area contributed by atoms with Crippen LogP contribution in [0, 0.1) is 0 Å². The molecule has 3 atom stereocenters. The third-order valence-corrected chi connectivity index (χ3v) is 2.93. The molecule has 4 N–H and O–H groups in total. The van der Waals surface area contributed by atoms with E-state index in [0.29, 0.717) is 0 Å². The first-order valence-electron chi connectivity index (χ1n) is 5.45. The Morgan fingerprint density at radius 2 is 2.44 bits per heavy atom. The molecule has 8 heteroatoms. The summed E-state index contributed by atoms with van der Waals surface area (Å²) < 4.78 is 6.61. The van der Waals surface area contributed by atoms with Crippen LogP contribution in [0.4, 0.5) is 5.82 Å². The Balaban J connectivity index is 2.30. The van der Waals surface area contributed by atoms with Gasteiger partial charge in [-0.3, -0.25) is 15.3 Å². The highest BCUT2D eigenvalue weighted by Gasteiger charge is 2.43. The van der Waals surface area contributed by atoms with Gasteiger partial charge in [0, 0.05) is 12.6 Å². The van der Waals surface area contributed by atoms with Crippen molar-refractivity contribution in [3.8, 4) is 0 Å². The normalized spacial score (nSPS) is 31.6. The predicted molar refractivity (Wildman–Crippen MR) is 60.1 cm³/mol. The molecule has 1 aliphatic heterocycles. The van der Waals surface area contributed by atoms with Crippen molar-refractivity contribution in [3.63, 3.8) is 0 Å². The Morgan fingerprint density at radius 3 is 2.94 bits per heavy atom. The molecule has 0 bridgehead atoms. The second-order valence-corrected chi connectivity index (χ2v) is 4.50. The number of anilines is 1. The quantitative estimate of drug-likeness (QED) is 0.517. The molecule has 1 aromatic rings. The van der Waals surface area contributed by atoms with Gasteiger partial charge in [-0.05, 0) is 13.0 Å². The van der Waals surface area contributed by atoms with E-state index in [-0.39, 0.29) is 18.8 Å². The lowest BCUT2D eigenvalue weighted by Crippen LogP contribution is -2.33. The van der Waals surface area contributed by atoms with Crippen LogP contribution in [0.5, 0.6) is 0 Å². The first-order chi connectivity index (χ1) is 8.49. The van der Waals surface area contributed by atoms with Crippen molar-refractivity contribution in [2.75, 3.05) is 12.1 Å². The van der Waals surface area contributed by atoms with E-state index < -0.39 is 23.6 Å². The highest BCUT2D eigenvalue weighted by molar-refractivity contribution is 5.28. The fourth-order valence-electron chi connectivity index (χ4n) is 1.97. The number of hydrogen-bond donors (Lipinski definition) is 4. The lowest BCUT2D eigenvalue weighted by molar-refractivity contribution is -0.101. The molecule has 0 amide bonds. The van der Waals surface area contributed by atoms with E-state index in [1.165, 1.54) is 12.3 Å². The predicted octanol–water partition coefficient (Wildman–Crippen LogP) is -0.925. The van der Waals surface area contributed by atoms with Crippen molar-refractivity contribution >= 4 is 5.82 Å². The zero-order valence-corrected chi connectivity index (χ0v) is 9.78. The molecule has 2 heterocycles. The number of nitrogens with one attached hydrogen (secondary N) is 1. The Bertz CT molecular complexity index is 491. The van der Waals surface area contributed by atoms with Crippen molar-refractivity contribution < 1.29 is 20.2 Å². The lowest BCUT2D eigenvalue weighted by atomic mass is 10.0. The molecule has 1 aromatic heterocycles. The summed E-state index contributed by atoms with van der Waals surface area (Å²) in [5, 5.41) is 27.7. The van der Waals surface area contributed by atoms with E-state index in [1.807, 2.05) is 0 Å². The van der Waals surface area contributed by atoms with Crippen LogP contribution < -0.4 is 11.2 Å². The zero-order valence-electron chi connectivity index (χ0n) is 9.78. The molecule has 8 nitrogen and oxygen atoms in total. The minimum atomic E-state index is -0.908. The third-order valence-electron chi connectivity index (χ3n) is 2.93. The number of aliphatic hydroxyl groups is 2. The summed E-state index contributed by atoms with van der Waals surface area (Å²) in [6, 6.07) is 1.37. The maximum atomic E-state index is 11.7. The van der Waals surface area contributed by atoms with Crippen LogP contribution in [0.2, 0.25) is 0 Å². The van der Waals surface area contributed by atoms with Gasteiger partial charge in [-0.25, -0.2) is 4.79 Å². The lowest BCUT2D eigenvalue weighted by Gasteiger charge is -2.22. The highest BCUT2D eigenvalue weighted by atomic mass is 16.6. The van der Waals surface area contributed by atoms with Crippen LogP contribution in [-0.4, -0.2) is 43.3 Å². The molecule has 18 heavy (non-hydrogen) atoms. The third kappa shape index (κ3) is 2.23. The van der Waals surface area contributed by atoms with Crippen molar-refractivity contribution in [1.29, 1.82) is 0 Å². The fourth-order valence-corrected chi connectivity index (χ4v) is 1.97. The maximum absolute atomic E-state index is 11.7. The van der Waals surface area contributed by atoms with E-state index in [2.05, 4.69) is 4.98 Å². The van der Waals surface area contributed by atoms with Crippen molar-refractivity contribution in [2.24, 2.45) is 0 Å². The largest absolute Gasteiger partial charge is 0.393 e. The number of aromatic nitrogens is 2. The van der Waals surface area contributed by atoms with Gasteiger partial charge in [-0.15, -0.1) is 0 Å². The monoisotopic (exact) mass is 257 g/mol. The van der Waals surface area contributed by atoms with Gasteiger partial charge in [-0.1, -0.05) is 0 Å². The number of hydrogen-bond acceptors (Lipinski definition) is 7. The molecule has 2 rings (SSSR count). The van der Waals surface area contributed by atoms with Crippen molar-refractivity contribution in [2.45, 2.75) is 31.3 Å². The molecule has 0 aliphatic carbocycles. The highest BCUT2D eigenvalue weighted by Crippen LogP contribution is 2.35. The smallest absolute Gasteiger partial charge is 0.351 e. The Kier molecular flexibility index (Phi) is 3.35. The van der Waals surface area contributed by atoms with Crippen LogP contribution in [0.15, 0.2) is 17.1 Å². The molecule has 1 unspecified atom stereocenters. The van der Waals surface area contributed by atoms with Crippen LogP contribution in [0.1, 0.15) is 19.6 Å². The van der Waals surface area contributed by atoms with Gasteiger partial charge in [-0.2, -0.15) is 4.98 Å². The number of ether oxygens (including phenoxy) is 1. The number of nitrogens with zero attached hydrogens (tertiary/aromatic N) is 2. The Labute approximate surface area is 102 Å². The molecule has 0 aromatic carbocycles. The molecule has 0 spiro atoms. The van der Waals surface area contributed by atoms with E-state index in [0.717, 1.165) is 4.57 Å². The van der Waals surface area contributed by atoms with E-state index >= 15 is 0 Å². The van der Waals surface area contributed by atoms with Crippen LogP contribution in [0.25, 0.3) is 0 Å². The molecular weight excluding hydrogens is 242 g/mol. The summed E-state index contributed by atoms with van der Waals surface area (Å²) in [6.07, 6.45) is -0.227. The number of rotatable bonds is 3. The van der Waals surface area contributed by atoms with Crippen molar-refractivity contribution in [3.05, 3.63) is 22.7 Å². The van der Waals surface area contributed by atoms with Gasteiger partial charge in [0.25, 0.3) is 0 Å². The molecule has 0 radical (unpaired) electrons. The van der Waals surface area contributed by atoms with Gasteiger partial charge in [0.15, 0.2) is 12.0 Å². The average molecular weight is 257 g/mol. The van der Waals surface area contributed by atoms with Crippen molar-refractivity contribution in [1.82, 2.24) is 9.55 Å². The summed E-state index contributed by atoms with van der Waals surface area (Å²) >= 11 is 0. The van der Waals surface area contributed by atoms with Gasteiger partial charge < -0.3 is 14.9 Å². The summed E-state index contributed by atoms with van der Waals surface area (Å²) in [7, 11) is 0. The van der Waals surface area contributed by atoms with Crippen LogP contribution in [0.3, 0.4) is 0 Å². The summed E-state index contributed by atoms with van der Waals surface area (Å²) in [5.41, 5.74) is 0.213.